The number of rotatable bonds is 6. The molecule has 1 aliphatic heterocycles. The van der Waals surface area contributed by atoms with Gasteiger partial charge in [0.05, 0.1) is 26.3 Å². The maximum absolute atomic E-state index is 12.7. The van der Waals surface area contributed by atoms with Crippen molar-refractivity contribution in [2.75, 3.05) is 20.8 Å². The summed E-state index contributed by atoms with van der Waals surface area (Å²) in [6.07, 6.45) is -0.0960. The van der Waals surface area contributed by atoms with Gasteiger partial charge < -0.3 is 24.6 Å². The number of β-amino-alcohol motifs (C(OH)–C–C–N with tert-alkyl or cyclic N) is 1. The van der Waals surface area contributed by atoms with Crippen molar-refractivity contribution in [2.24, 2.45) is 0 Å². The van der Waals surface area contributed by atoms with Gasteiger partial charge in [-0.05, 0) is 36.2 Å². The van der Waals surface area contributed by atoms with E-state index in [1.54, 1.807) is 43.4 Å². The summed E-state index contributed by atoms with van der Waals surface area (Å²) in [7, 11) is 3.10. The molecular formula is C21H23NO6. The van der Waals surface area contributed by atoms with Crippen molar-refractivity contribution in [1.82, 2.24) is 4.90 Å². The molecule has 1 heterocycles. The number of ether oxygens (including phenoxy) is 2. The summed E-state index contributed by atoms with van der Waals surface area (Å²) in [4.78, 5) is 25.2. The Balaban J connectivity index is 1.71. The molecule has 1 amide bonds. The third kappa shape index (κ3) is 3.94. The lowest BCUT2D eigenvalue weighted by Gasteiger charge is -2.34. The van der Waals surface area contributed by atoms with Gasteiger partial charge in [0.15, 0.2) is 0 Å². The molecule has 148 valence electrons. The minimum atomic E-state index is -0.979. The van der Waals surface area contributed by atoms with Gasteiger partial charge in [-0.1, -0.05) is 12.1 Å². The largest absolute Gasteiger partial charge is 0.496 e. The number of carbonyl (C=O) groups excluding carboxylic acids is 1. The zero-order valence-corrected chi connectivity index (χ0v) is 15.8. The molecule has 0 aliphatic carbocycles. The average Bonchev–Trinajstić information content (AvgIpc) is 2.71. The zero-order valence-electron chi connectivity index (χ0n) is 15.8. The fraction of sp³-hybridized carbons (Fsp3) is 0.333. The Kier molecular flexibility index (Phi) is 5.84. The average molecular weight is 385 g/mol. The quantitative estimate of drug-likeness (QED) is 0.793. The van der Waals surface area contributed by atoms with Gasteiger partial charge in [-0.25, -0.2) is 4.79 Å². The minimum absolute atomic E-state index is 0.0862. The third-order valence-corrected chi connectivity index (χ3v) is 4.97. The molecule has 0 spiro atoms. The molecule has 0 fully saturated rings. The van der Waals surface area contributed by atoms with Crippen LogP contribution >= 0.6 is 0 Å². The van der Waals surface area contributed by atoms with Gasteiger partial charge in [0.25, 0.3) is 0 Å². The van der Waals surface area contributed by atoms with Gasteiger partial charge in [-0.2, -0.15) is 0 Å². The Hall–Kier alpha value is -3.06. The van der Waals surface area contributed by atoms with Crippen LogP contribution in [0.15, 0.2) is 36.4 Å². The summed E-state index contributed by atoms with van der Waals surface area (Å²) in [5, 5.41) is 19.5. The standard InChI is InChI=1S/C21H23NO6/c1-27-17-8-9-18(28-2)20-15(17)11-22(12-16(20)23)19(24)10-5-13-3-6-14(7-4-13)21(25)26/h3-4,6-9,16,23H,5,10-12H2,1-2H3,(H,25,26). The summed E-state index contributed by atoms with van der Waals surface area (Å²) in [5.74, 6) is 0.121. The Bertz CT molecular complexity index is 877. The van der Waals surface area contributed by atoms with Crippen LogP contribution in [-0.2, 0) is 17.8 Å². The summed E-state index contributed by atoms with van der Waals surface area (Å²) >= 11 is 0. The second-order valence-corrected chi connectivity index (χ2v) is 6.65. The summed E-state index contributed by atoms with van der Waals surface area (Å²) in [5.41, 5.74) is 2.51. The number of fused-ring (bicyclic) bond motifs is 1. The number of aryl methyl sites for hydroxylation is 1. The molecule has 1 aliphatic rings. The number of amides is 1. The molecule has 2 aromatic carbocycles. The van der Waals surface area contributed by atoms with Gasteiger partial charge in [0.1, 0.15) is 17.6 Å². The molecule has 28 heavy (non-hydrogen) atoms. The summed E-state index contributed by atoms with van der Waals surface area (Å²) in [6, 6.07) is 10.00. The van der Waals surface area contributed by atoms with Crippen molar-refractivity contribution in [2.45, 2.75) is 25.5 Å². The fourth-order valence-corrected chi connectivity index (χ4v) is 3.49. The topological polar surface area (TPSA) is 96.3 Å². The molecule has 0 aromatic heterocycles. The second kappa shape index (κ2) is 8.31. The fourth-order valence-electron chi connectivity index (χ4n) is 3.49. The first-order chi connectivity index (χ1) is 13.4. The number of carboxylic acids is 1. The highest BCUT2D eigenvalue weighted by Gasteiger charge is 2.31. The number of aliphatic hydroxyl groups is 1. The van der Waals surface area contributed by atoms with Crippen LogP contribution in [0.25, 0.3) is 0 Å². The van der Waals surface area contributed by atoms with Gasteiger partial charge in [0, 0.05) is 24.1 Å². The predicted molar refractivity (Wildman–Crippen MR) is 102 cm³/mol. The predicted octanol–water partition coefficient (Wildman–Crippen LogP) is 2.41. The monoisotopic (exact) mass is 385 g/mol. The summed E-state index contributed by atoms with van der Waals surface area (Å²) < 4.78 is 10.7. The maximum atomic E-state index is 12.7. The van der Waals surface area contributed by atoms with Gasteiger partial charge in [-0.3, -0.25) is 4.79 Å². The van der Waals surface area contributed by atoms with Crippen molar-refractivity contribution in [3.63, 3.8) is 0 Å². The summed E-state index contributed by atoms with van der Waals surface area (Å²) in [6.45, 7) is 0.525. The van der Waals surface area contributed by atoms with Crippen LogP contribution in [0.3, 0.4) is 0 Å². The van der Waals surface area contributed by atoms with E-state index in [0.29, 0.717) is 30.0 Å². The lowest BCUT2D eigenvalue weighted by molar-refractivity contribution is -0.134. The van der Waals surface area contributed by atoms with E-state index in [4.69, 9.17) is 14.6 Å². The lowest BCUT2D eigenvalue weighted by atomic mass is 9.94. The van der Waals surface area contributed by atoms with E-state index < -0.39 is 12.1 Å². The second-order valence-electron chi connectivity index (χ2n) is 6.65. The van der Waals surface area contributed by atoms with Crippen LogP contribution in [0.5, 0.6) is 11.5 Å². The molecule has 0 saturated carbocycles. The molecule has 3 rings (SSSR count). The van der Waals surface area contributed by atoms with Crippen molar-refractivity contribution < 1.29 is 29.3 Å². The Labute approximate surface area is 163 Å². The first kappa shape index (κ1) is 19.7. The number of nitrogens with zero attached hydrogens (tertiary/aromatic N) is 1. The smallest absolute Gasteiger partial charge is 0.335 e. The molecule has 0 saturated heterocycles. The van der Waals surface area contributed by atoms with Crippen molar-refractivity contribution in [3.05, 3.63) is 58.7 Å². The number of aliphatic hydroxyl groups excluding tert-OH is 1. The Morgan fingerprint density at radius 1 is 1.07 bits per heavy atom. The molecule has 1 unspecified atom stereocenters. The maximum Gasteiger partial charge on any atom is 0.335 e. The van der Waals surface area contributed by atoms with Gasteiger partial charge in [0.2, 0.25) is 5.91 Å². The molecule has 7 heteroatoms. The highest BCUT2D eigenvalue weighted by molar-refractivity contribution is 5.87. The first-order valence-corrected chi connectivity index (χ1v) is 8.96. The number of methoxy groups -OCH3 is 2. The van der Waals surface area contributed by atoms with Crippen LogP contribution in [0, 0.1) is 0 Å². The molecule has 1 atom stereocenters. The van der Waals surface area contributed by atoms with E-state index in [1.807, 2.05) is 0 Å². The van der Waals surface area contributed by atoms with Crippen LogP contribution in [0.4, 0.5) is 0 Å². The third-order valence-electron chi connectivity index (χ3n) is 4.97. The van der Waals surface area contributed by atoms with E-state index in [9.17, 15) is 14.7 Å². The van der Waals surface area contributed by atoms with E-state index in [1.165, 1.54) is 12.1 Å². The van der Waals surface area contributed by atoms with Gasteiger partial charge >= 0.3 is 5.97 Å². The number of hydrogen-bond donors (Lipinski definition) is 2. The molecule has 2 aromatic rings. The molecule has 0 radical (unpaired) electrons. The SMILES string of the molecule is COc1ccc(OC)c2c1CN(C(=O)CCc1ccc(C(=O)O)cc1)CC2O. The number of carbonyl (C=O) groups is 2. The van der Waals surface area contributed by atoms with Crippen LogP contribution < -0.4 is 9.47 Å². The highest BCUT2D eigenvalue weighted by atomic mass is 16.5. The number of carboxylic acid groups (broad SMARTS) is 1. The van der Waals surface area contributed by atoms with Crippen molar-refractivity contribution in [1.29, 1.82) is 0 Å². The van der Waals surface area contributed by atoms with Gasteiger partial charge in [-0.15, -0.1) is 0 Å². The normalized spacial score (nSPS) is 15.7. The molecular weight excluding hydrogens is 362 g/mol. The van der Waals surface area contributed by atoms with Crippen LogP contribution in [0.1, 0.15) is 39.6 Å². The molecule has 2 N–H and O–H groups in total. The van der Waals surface area contributed by atoms with E-state index >= 15 is 0 Å². The highest BCUT2D eigenvalue weighted by Crippen LogP contribution is 2.39. The molecule has 0 bridgehead atoms. The Morgan fingerprint density at radius 2 is 1.71 bits per heavy atom. The molecule has 7 nitrogen and oxygen atoms in total. The number of benzene rings is 2. The minimum Gasteiger partial charge on any atom is -0.496 e. The number of hydrogen-bond acceptors (Lipinski definition) is 5. The Morgan fingerprint density at radius 3 is 2.32 bits per heavy atom. The lowest BCUT2D eigenvalue weighted by Crippen LogP contribution is -2.38. The van der Waals surface area contributed by atoms with Crippen LogP contribution in [0.2, 0.25) is 0 Å². The zero-order chi connectivity index (χ0) is 20.3. The van der Waals surface area contributed by atoms with E-state index in [2.05, 4.69) is 0 Å². The number of aromatic carboxylic acids is 1. The van der Waals surface area contributed by atoms with Crippen molar-refractivity contribution in [3.8, 4) is 11.5 Å². The van der Waals surface area contributed by atoms with E-state index in [-0.39, 0.29) is 24.4 Å². The first-order valence-electron chi connectivity index (χ1n) is 8.96. The van der Waals surface area contributed by atoms with Crippen LogP contribution in [-0.4, -0.2) is 47.8 Å². The van der Waals surface area contributed by atoms with E-state index in [0.717, 1.165) is 11.1 Å². The van der Waals surface area contributed by atoms with Crippen molar-refractivity contribution >= 4 is 11.9 Å².